The van der Waals surface area contributed by atoms with E-state index in [1.807, 2.05) is 6.92 Å². The number of nitrogens with two attached hydrogens (primary N) is 1. The van der Waals surface area contributed by atoms with Crippen LogP contribution in [0.1, 0.15) is 50.6 Å². The second-order valence-corrected chi connectivity index (χ2v) is 6.79. The first kappa shape index (κ1) is 16.4. The molecule has 21 heavy (non-hydrogen) atoms. The van der Waals surface area contributed by atoms with Crippen molar-refractivity contribution in [2.45, 2.75) is 56.0 Å². The molecule has 0 aromatic heterocycles. The van der Waals surface area contributed by atoms with E-state index in [9.17, 15) is 4.79 Å². The lowest BCUT2D eigenvalue weighted by Gasteiger charge is -2.23. The Morgan fingerprint density at radius 1 is 1.24 bits per heavy atom. The van der Waals surface area contributed by atoms with Gasteiger partial charge in [-0.3, -0.25) is 4.79 Å². The van der Waals surface area contributed by atoms with Gasteiger partial charge in [0.15, 0.2) is 0 Å². The van der Waals surface area contributed by atoms with Gasteiger partial charge < -0.3 is 11.1 Å². The Bertz CT molecular complexity index is 460. The van der Waals surface area contributed by atoms with Crippen molar-refractivity contribution in [1.82, 2.24) is 5.32 Å². The molecule has 1 aliphatic rings. The molecule has 1 aliphatic carbocycles. The fraction of sp³-hybridized carbons (Fsp3) is 0.588. The second kappa shape index (κ2) is 7.85. The van der Waals surface area contributed by atoms with Gasteiger partial charge in [0.05, 0.1) is 12.0 Å². The third-order valence-corrected chi connectivity index (χ3v) is 5.12. The van der Waals surface area contributed by atoms with Crippen LogP contribution in [0.25, 0.3) is 0 Å². The van der Waals surface area contributed by atoms with Crippen LogP contribution in [0, 0.1) is 5.92 Å². The summed E-state index contributed by atoms with van der Waals surface area (Å²) in [6.07, 6.45) is 7.41. The normalized spacial score (nSPS) is 24.1. The molecule has 1 amide bonds. The van der Waals surface area contributed by atoms with Crippen molar-refractivity contribution in [3.05, 3.63) is 29.8 Å². The first-order chi connectivity index (χ1) is 10.1. The number of hydrogen-bond donors (Lipinski definition) is 2. The van der Waals surface area contributed by atoms with Crippen LogP contribution in [-0.2, 0) is 4.79 Å². The van der Waals surface area contributed by atoms with Crippen molar-refractivity contribution in [3.63, 3.8) is 0 Å². The van der Waals surface area contributed by atoms with Crippen LogP contribution in [0.4, 0.5) is 0 Å². The summed E-state index contributed by atoms with van der Waals surface area (Å²) in [7, 11) is 0. The highest BCUT2D eigenvalue weighted by Crippen LogP contribution is 2.24. The van der Waals surface area contributed by atoms with Crippen molar-refractivity contribution in [2.75, 3.05) is 6.26 Å². The van der Waals surface area contributed by atoms with Gasteiger partial charge in [0.1, 0.15) is 0 Å². The summed E-state index contributed by atoms with van der Waals surface area (Å²) in [5.74, 6) is 0.0891. The Labute approximate surface area is 132 Å². The zero-order chi connectivity index (χ0) is 15.2. The topological polar surface area (TPSA) is 55.1 Å². The van der Waals surface area contributed by atoms with Gasteiger partial charge in [0.2, 0.25) is 5.91 Å². The number of carbonyl (C=O) groups is 1. The van der Waals surface area contributed by atoms with Crippen molar-refractivity contribution in [1.29, 1.82) is 0 Å². The lowest BCUT2D eigenvalue weighted by molar-refractivity contribution is -0.126. The third kappa shape index (κ3) is 4.48. The Morgan fingerprint density at radius 2 is 1.90 bits per heavy atom. The highest BCUT2D eigenvalue weighted by Gasteiger charge is 2.27. The van der Waals surface area contributed by atoms with Gasteiger partial charge in [-0.2, -0.15) is 0 Å². The number of hydrogen-bond acceptors (Lipinski definition) is 3. The molecule has 2 rings (SSSR count). The van der Waals surface area contributed by atoms with Crippen LogP contribution in [0.15, 0.2) is 29.2 Å². The summed E-state index contributed by atoms with van der Waals surface area (Å²) in [6.45, 7) is 2.04. The summed E-state index contributed by atoms with van der Waals surface area (Å²) in [6, 6.07) is 8.41. The minimum absolute atomic E-state index is 0.0126. The van der Waals surface area contributed by atoms with Crippen LogP contribution in [-0.4, -0.2) is 18.2 Å². The molecule has 4 heteroatoms. The molecule has 0 saturated heterocycles. The van der Waals surface area contributed by atoms with Crippen LogP contribution in [0.3, 0.4) is 0 Å². The summed E-state index contributed by atoms with van der Waals surface area (Å²) in [5.41, 5.74) is 7.31. The number of nitrogens with one attached hydrogen (secondary N) is 1. The molecule has 1 fully saturated rings. The highest BCUT2D eigenvalue weighted by atomic mass is 32.2. The van der Waals surface area contributed by atoms with E-state index in [1.54, 1.807) is 11.8 Å². The van der Waals surface area contributed by atoms with Crippen LogP contribution >= 0.6 is 11.8 Å². The van der Waals surface area contributed by atoms with E-state index in [0.29, 0.717) is 0 Å². The SMILES string of the molecule is CSc1ccc(C(C)NC(=O)C2CCCCCC2N)cc1. The quantitative estimate of drug-likeness (QED) is 0.661. The predicted molar refractivity (Wildman–Crippen MR) is 89.3 cm³/mol. The van der Waals surface area contributed by atoms with E-state index in [4.69, 9.17) is 5.73 Å². The maximum Gasteiger partial charge on any atom is 0.225 e. The minimum atomic E-state index is -0.0274. The fourth-order valence-electron chi connectivity index (χ4n) is 2.96. The molecule has 1 aromatic carbocycles. The van der Waals surface area contributed by atoms with E-state index >= 15 is 0 Å². The third-order valence-electron chi connectivity index (χ3n) is 4.38. The molecule has 116 valence electrons. The van der Waals surface area contributed by atoms with Gasteiger partial charge in [-0.1, -0.05) is 31.4 Å². The van der Waals surface area contributed by atoms with E-state index in [1.165, 1.54) is 11.3 Å². The highest BCUT2D eigenvalue weighted by molar-refractivity contribution is 7.98. The standard InChI is InChI=1S/C17H26N2OS/c1-12(13-8-10-14(21-2)11-9-13)19-17(20)15-6-4-3-5-7-16(15)18/h8-12,15-16H,3-7,18H2,1-2H3,(H,19,20). The average molecular weight is 306 g/mol. The van der Waals surface area contributed by atoms with Gasteiger partial charge in [0.25, 0.3) is 0 Å². The molecule has 0 heterocycles. The Hall–Kier alpha value is -1.00. The average Bonchev–Trinajstić information content (AvgIpc) is 2.71. The smallest absolute Gasteiger partial charge is 0.225 e. The van der Waals surface area contributed by atoms with E-state index in [-0.39, 0.29) is 23.9 Å². The van der Waals surface area contributed by atoms with Crippen LogP contribution < -0.4 is 11.1 Å². The van der Waals surface area contributed by atoms with Gasteiger partial charge in [-0.25, -0.2) is 0 Å². The molecule has 3 unspecified atom stereocenters. The van der Waals surface area contributed by atoms with Crippen molar-refractivity contribution in [3.8, 4) is 0 Å². The van der Waals surface area contributed by atoms with Crippen molar-refractivity contribution in [2.24, 2.45) is 11.7 Å². The van der Waals surface area contributed by atoms with E-state index in [2.05, 4.69) is 35.8 Å². The number of rotatable bonds is 4. The molecule has 3 N–H and O–H groups in total. The lowest BCUT2D eigenvalue weighted by Crippen LogP contribution is -2.42. The molecule has 0 bridgehead atoms. The molecule has 1 saturated carbocycles. The molecule has 3 nitrogen and oxygen atoms in total. The van der Waals surface area contributed by atoms with Crippen molar-refractivity contribution >= 4 is 17.7 Å². The molecular weight excluding hydrogens is 280 g/mol. The van der Waals surface area contributed by atoms with Gasteiger partial charge in [-0.15, -0.1) is 11.8 Å². The van der Waals surface area contributed by atoms with Crippen molar-refractivity contribution < 1.29 is 4.79 Å². The van der Waals surface area contributed by atoms with Gasteiger partial charge in [-0.05, 0) is 43.7 Å². The molecule has 0 spiro atoms. The summed E-state index contributed by atoms with van der Waals surface area (Å²) >= 11 is 1.72. The Balaban J connectivity index is 1.96. The number of benzene rings is 1. The van der Waals surface area contributed by atoms with Crippen LogP contribution in [0.5, 0.6) is 0 Å². The Morgan fingerprint density at radius 3 is 2.57 bits per heavy atom. The number of carbonyl (C=O) groups excluding carboxylic acids is 1. The first-order valence-corrected chi connectivity index (χ1v) is 9.04. The largest absolute Gasteiger partial charge is 0.349 e. The summed E-state index contributed by atoms with van der Waals surface area (Å²) in [4.78, 5) is 13.7. The molecule has 1 aromatic rings. The zero-order valence-corrected chi connectivity index (χ0v) is 13.8. The summed E-state index contributed by atoms with van der Waals surface area (Å²) < 4.78 is 0. The molecular formula is C17H26N2OS. The molecule has 0 aliphatic heterocycles. The number of thioether (sulfide) groups is 1. The predicted octanol–water partition coefficient (Wildman–Crippen LogP) is 3.49. The fourth-order valence-corrected chi connectivity index (χ4v) is 3.37. The second-order valence-electron chi connectivity index (χ2n) is 5.91. The maximum absolute atomic E-state index is 12.5. The van der Waals surface area contributed by atoms with E-state index in [0.717, 1.165) is 31.2 Å². The van der Waals surface area contributed by atoms with Gasteiger partial charge >= 0.3 is 0 Å². The molecule has 0 radical (unpaired) electrons. The lowest BCUT2D eigenvalue weighted by atomic mass is 9.94. The first-order valence-electron chi connectivity index (χ1n) is 7.81. The monoisotopic (exact) mass is 306 g/mol. The minimum Gasteiger partial charge on any atom is -0.349 e. The van der Waals surface area contributed by atoms with Gasteiger partial charge in [0, 0.05) is 10.9 Å². The zero-order valence-electron chi connectivity index (χ0n) is 13.0. The maximum atomic E-state index is 12.5. The summed E-state index contributed by atoms with van der Waals surface area (Å²) in [5, 5.41) is 3.14. The Kier molecular flexibility index (Phi) is 6.12. The molecule has 3 atom stereocenters. The van der Waals surface area contributed by atoms with E-state index < -0.39 is 0 Å². The number of amides is 1. The van der Waals surface area contributed by atoms with Crippen LogP contribution in [0.2, 0.25) is 0 Å².